The van der Waals surface area contributed by atoms with E-state index in [2.05, 4.69) is 20.5 Å². The van der Waals surface area contributed by atoms with Gasteiger partial charge in [-0.3, -0.25) is 15.0 Å². The molecule has 1 heterocycles. The maximum Gasteiger partial charge on any atom is 0.271 e. The van der Waals surface area contributed by atoms with Gasteiger partial charge in [-0.15, -0.1) is 0 Å². The van der Waals surface area contributed by atoms with Gasteiger partial charge in [0.1, 0.15) is 11.6 Å². The normalized spacial score (nSPS) is 12.3. The summed E-state index contributed by atoms with van der Waals surface area (Å²) in [6.07, 6.45) is 0. The van der Waals surface area contributed by atoms with Crippen LogP contribution in [0.15, 0.2) is 125 Å². The summed E-state index contributed by atoms with van der Waals surface area (Å²) in [5.41, 5.74) is 6.25. The Morgan fingerprint density at radius 1 is 0.743 bits per heavy atom. The van der Waals surface area contributed by atoms with Crippen molar-refractivity contribution in [3.63, 3.8) is 0 Å². The topological polar surface area (TPSA) is 87.2 Å². The number of carbonyl (C=O) groups is 1. The van der Waals surface area contributed by atoms with Crippen LogP contribution in [0.25, 0.3) is 11.0 Å². The Morgan fingerprint density at radius 3 is 2.00 bits per heavy atom. The van der Waals surface area contributed by atoms with Gasteiger partial charge in [0.15, 0.2) is 5.78 Å². The van der Waals surface area contributed by atoms with E-state index < -0.39 is 11.5 Å². The van der Waals surface area contributed by atoms with Crippen LogP contribution in [0.2, 0.25) is 0 Å². The molecule has 1 aromatic heterocycles. The van der Waals surface area contributed by atoms with Crippen molar-refractivity contribution >= 4 is 28.2 Å². The van der Waals surface area contributed by atoms with Crippen LogP contribution >= 0.6 is 0 Å². The van der Waals surface area contributed by atoms with Crippen LogP contribution in [-0.4, -0.2) is 21.5 Å². The van der Waals surface area contributed by atoms with E-state index in [4.69, 9.17) is 0 Å². The number of nitrogens with one attached hydrogen (secondary N) is 2. The van der Waals surface area contributed by atoms with Gasteiger partial charge >= 0.3 is 0 Å². The number of ketones is 1. The number of fused-ring (bicyclic) bond motifs is 1. The average molecular weight is 459 g/mol. The van der Waals surface area contributed by atoms with E-state index in [-0.39, 0.29) is 11.5 Å². The minimum atomic E-state index is -1.04. The SMILES string of the molecule is O=C(c1ccccc1)C(C(=NNc1ccccc1)c1ccccc1)c1nc2ccccc2[nH]c1=O. The molecule has 0 aliphatic carbocycles. The maximum atomic E-state index is 14.0. The third kappa shape index (κ3) is 4.77. The van der Waals surface area contributed by atoms with Crippen molar-refractivity contribution in [3.8, 4) is 0 Å². The van der Waals surface area contributed by atoms with Crippen molar-refractivity contribution in [2.75, 3.05) is 5.43 Å². The monoisotopic (exact) mass is 458 g/mol. The molecule has 170 valence electrons. The molecule has 5 rings (SSSR count). The van der Waals surface area contributed by atoms with Gasteiger partial charge in [0.2, 0.25) is 0 Å². The molecule has 2 N–H and O–H groups in total. The Morgan fingerprint density at radius 2 is 1.31 bits per heavy atom. The molecule has 0 aliphatic heterocycles. The number of H-pyrrole nitrogens is 1. The molecule has 5 aromatic rings. The zero-order valence-electron chi connectivity index (χ0n) is 18.8. The highest BCUT2D eigenvalue weighted by Gasteiger charge is 2.32. The summed E-state index contributed by atoms with van der Waals surface area (Å²) in [5, 5.41) is 4.66. The van der Waals surface area contributed by atoms with Gasteiger partial charge < -0.3 is 4.98 Å². The highest BCUT2D eigenvalue weighted by atomic mass is 16.1. The highest BCUT2D eigenvalue weighted by molar-refractivity contribution is 6.22. The number of aromatic amines is 1. The summed E-state index contributed by atoms with van der Waals surface area (Å²) in [5.74, 6) is -1.30. The van der Waals surface area contributed by atoms with E-state index in [0.717, 1.165) is 5.69 Å². The second-order valence-electron chi connectivity index (χ2n) is 7.97. The molecular weight excluding hydrogens is 436 g/mol. The molecule has 0 bridgehead atoms. The number of hydrogen-bond donors (Lipinski definition) is 2. The van der Waals surface area contributed by atoms with Crippen LogP contribution < -0.4 is 11.0 Å². The van der Waals surface area contributed by atoms with Gasteiger partial charge in [0, 0.05) is 5.56 Å². The molecule has 35 heavy (non-hydrogen) atoms. The first-order valence-electron chi connectivity index (χ1n) is 11.2. The molecule has 1 unspecified atom stereocenters. The van der Waals surface area contributed by atoms with E-state index in [9.17, 15) is 9.59 Å². The number of aromatic nitrogens is 2. The molecule has 1 atom stereocenters. The molecular formula is C29H22N4O2. The molecule has 0 saturated heterocycles. The number of nitrogens with zero attached hydrogens (tertiary/aromatic N) is 2. The Bertz CT molecular complexity index is 1550. The van der Waals surface area contributed by atoms with Gasteiger partial charge in [0.05, 0.1) is 22.4 Å². The third-order valence-corrected chi connectivity index (χ3v) is 5.64. The van der Waals surface area contributed by atoms with Crippen molar-refractivity contribution in [2.24, 2.45) is 5.10 Å². The minimum Gasteiger partial charge on any atom is -0.319 e. The Hall–Kier alpha value is -4.84. The van der Waals surface area contributed by atoms with Gasteiger partial charge in [-0.1, -0.05) is 91.0 Å². The zero-order chi connectivity index (χ0) is 24.0. The summed E-state index contributed by atoms with van der Waals surface area (Å²) >= 11 is 0. The summed E-state index contributed by atoms with van der Waals surface area (Å²) in [4.78, 5) is 34.8. The fraction of sp³-hybridized carbons (Fsp3) is 0.0345. The summed E-state index contributed by atoms with van der Waals surface area (Å²) in [7, 11) is 0. The number of hydrazone groups is 1. The number of anilines is 1. The van der Waals surface area contributed by atoms with E-state index in [1.807, 2.05) is 78.9 Å². The lowest BCUT2D eigenvalue weighted by atomic mass is 9.86. The maximum absolute atomic E-state index is 14.0. The van der Waals surface area contributed by atoms with Crippen molar-refractivity contribution in [2.45, 2.75) is 5.92 Å². The van der Waals surface area contributed by atoms with Crippen LogP contribution in [0.4, 0.5) is 5.69 Å². The van der Waals surface area contributed by atoms with Gasteiger partial charge in [0.25, 0.3) is 5.56 Å². The number of rotatable bonds is 7. The summed E-state index contributed by atoms with van der Waals surface area (Å²) in [6.45, 7) is 0. The molecule has 4 aromatic carbocycles. The van der Waals surface area contributed by atoms with Crippen molar-refractivity contribution in [1.82, 2.24) is 9.97 Å². The lowest BCUT2D eigenvalue weighted by Gasteiger charge is -2.19. The predicted octanol–water partition coefficient (Wildman–Crippen LogP) is 5.41. The van der Waals surface area contributed by atoms with Crippen LogP contribution in [0.5, 0.6) is 0 Å². The molecule has 0 spiro atoms. The Labute approximate surface area is 202 Å². The number of para-hydroxylation sites is 3. The molecule has 6 heteroatoms. The van der Waals surface area contributed by atoms with Gasteiger partial charge in [-0.2, -0.15) is 5.10 Å². The van der Waals surface area contributed by atoms with Crippen molar-refractivity contribution < 1.29 is 4.79 Å². The summed E-state index contributed by atoms with van der Waals surface area (Å²) < 4.78 is 0. The number of hydrogen-bond acceptors (Lipinski definition) is 5. The zero-order valence-corrected chi connectivity index (χ0v) is 18.8. The second kappa shape index (κ2) is 9.97. The van der Waals surface area contributed by atoms with Crippen LogP contribution in [0, 0.1) is 0 Å². The van der Waals surface area contributed by atoms with Crippen molar-refractivity contribution in [1.29, 1.82) is 0 Å². The number of carbonyl (C=O) groups excluding carboxylic acids is 1. The molecule has 0 aliphatic rings. The van der Waals surface area contributed by atoms with Crippen LogP contribution in [-0.2, 0) is 0 Å². The van der Waals surface area contributed by atoms with E-state index in [1.165, 1.54) is 0 Å². The lowest BCUT2D eigenvalue weighted by Crippen LogP contribution is -2.31. The van der Waals surface area contributed by atoms with E-state index >= 15 is 0 Å². The lowest BCUT2D eigenvalue weighted by molar-refractivity contribution is 0.0981. The largest absolute Gasteiger partial charge is 0.319 e. The van der Waals surface area contributed by atoms with E-state index in [1.54, 1.807) is 36.4 Å². The predicted molar refractivity (Wildman–Crippen MR) is 139 cm³/mol. The Kier molecular flexibility index (Phi) is 6.26. The first kappa shape index (κ1) is 22.0. The van der Waals surface area contributed by atoms with E-state index in [0.29, 0.717) is 27.9 Å². The first-order valence-corrected chi connectivity index (χ1v) is 11.2. The fourth-order valence-electron chi connectivity index (χ4n) is 3.93. The molecule has 0 radical (unpaired) electrons. The van der Waals surface area contributed by atoms with Gasteiger partial charge in [-0.25, -0.2) is 4.98 Å². The van der Waals surface area contributed by atoms with Crippen LogP contribution in [0.1, 0.15) is 27.5 Å². The minimum absolute atomic E-state index is 0.0926. The first-order chi connectivity index (χ1) is 17.2. The number of Topliss-reactive ketones (excluding diaryl/α,β-unsaturated/α-hetero) is 1. The fourth-order valence-corrected chi connectivity index (χ4v) is 3.93. The average Bonchev–Trinajstić information content (AvgIpc) is 2.92. The quantitative estimate of drug-likeness (QED) is 0.194. The molecule has 0 saturated carbocycles. The Balaban J connectivity index is 1.73. The van der Waals surface area contributed by atoms with Gasteiger partial charge in [-0.05, 0) is 29.8 Å². The van der Waals surface area contributed by atoms with Crippen molar-refractivity contribution in [3.05, 3.63) is 142 Å². The molecule has 6 nitrogen and oxygen atoms in total. The smallest absolute Gasteiger partial charge is 0.271 e. The number of benzene rings is 4. The molecule has 0 amide bonds. The third-order valence-electron chi connectivity index (χ3n) is 5.64. The van der Waals surface area contributed by atoms with Crippen LogP contribution in [0.3, 0.4) is 0 Å². The summed E-state index contributed by atoms with van der Waals surface area (Å²) in [6, 6.07) is 35.0. The molecule has 0 fully saturated rings. The second-order valence-corrected chi connectivity index (χ2v) is 7.97. The standard InChI is InChI=1S/C29H22N4O2/c34-28(21-14-6-2-7-15-21)25(27-29(35)31-24-19-11-10-18-23(24)30-27)26(20-12-4-1-5-13-20)33-32-22-16-8-3-9-17-22/h1-19,25,32H,(H,31,35). The highest BCUT2D eigenvalue weighted by Crippen LogP contribution is 2.25.